The number of hydrogen-bond acceptors (Lipinski definition) is 2. The van der Waals surface area contributed by atoms with Gasteiger partial charge in [0.15, 0.2) is 0 Å². The van der Waals surface area contributed by atoms with Crippen molar-refractivity contribution in [3.63, 3.8) is 0 Å². The lowest BCUT2D eigenvalue weighted by atomic mass is 9.82. The first kappa shape index (κ1) is 53.9. The van der Waals surface area contributed by atoms with E-state index in [0.717, 1.165) is 51.5 Å². The number of allylic oxidation sites excluding steroid dienone is 4. The second kappa shape index (κ2) is 23.6. The van der Waals surface area contributed by atoms with Crippen LogP contribution in [0.1, 0.15) is 23.5 Å². The molecule has 0 aromatic heterocycles. The molecule has 0 spiro atoms. The standard InChI is InChI=1S/C88H62N2/c1-5-24-61(25-6-1)67-34-21-35-68(58-67)62-46-50-72(51-47-62)90(85-45-23-33-66-31-14-16-39-76(66)85)88-60-70(49-53-78(88)65-28-9-3-10-29-65)75-54-55-82(80-41-18-17-40-79(75)80)83-56-57-86(84-43-20-19-42-81(83)84)89(71-36-11-4-12-37-71)87-59-69(48-52-77(87)64-26-7-2-8-27-64)74-44-22-32-63-30-13-15-38-73(63)74/h1-52,54-60,78H,53H2. The van der Waals surface area contributed by atoms with Crippen LogP contribution in [0, 0.1) is 0 Å². The van der Waals surface area contributed by atoms with Gasteiger partial charge in [0, 0.05) is 39.3 Å². The maximum Gasteiger partial charge on any atom is 0.0546 e. The summed E-state index contributed by atoms with van der Waals surface area (Å²) in [6.07, 6.45) is 5.80. The molecule has 0 bridgehead atoms. The van der Waals surface area contributed by atoms with Crippen molar-refractivity contribution in [2.45, 2.75) is 12.3 Å². The Kier molecular flexibility index (Phi) is 14.1. The lowest BCUT2D eigenvalue weighted by molar-refractivity contribution is 0.778. The van der Waals surface area contributed by atoms with E-state index in [9.17, 15) is 0 Å². The predicted octanol–water partition coefficient (Wildman–Crippen LogP) is 24.4. The van der Waals surface area contributed by atoms with Crippen molar-refractivity contribution in [1.82, 2.24) is 0 Å². The summed E-state index contributed by atoms with van der Waals surface area (Å²) >= 11 is 0. The number of anilines is 5. The number of para-hydroxylation sites is 1. The molecule has 0 amide bonds. The Balaban J connectivity index is 0.836. The molecule has 1 aliphatic carbocycles. The molecule has 0 saturated carbocycles. The van der Waals surface area contributed by atoms with Crippen molar-refractivity contribution < 1.29 is 0 Å². The zero-order chi connectivity index (χ0) is 59.7. The van der Waals surface area contributed by atoms with Crippen molar-refractivity contribution in [2.75, 3.05) is 9.80 Å². The highest BCUT2D eigenvalue weighted by molar-refractivity contribution is 6.13. The van der Waals surface area contributed by atoms with Gasteiger partial charge in [-0.25, -0.2) is 0 Å². The Morgan fingerprint density at radius 2 is 0.700 bits per heavy atom. The van der Waals surface area contributed by atoms with Gasteiger partial charge in [0.1, 0.15) is 0 Å². The smallest absolute Gasteiger partial charge is 0.0546 e. The van der Waals surface area contributed by atoms with E-state index in [-0.39, 0.29) is 5.92 Å². The summed E-state index contributed by atoms with van der Waals surface area (Å²) in [7, 11) is 0. The minimum Gasteiger partial charge on any atom is -0.313 e. The summed E-state index contributed by atoms with van der Waals surface area (Å²) in [6.45, 7) is 0. The zero-order valence-electron chi connectivity index (χ0n) is 49.7. The van der Waals surface area contributed by atoms with Crippen LogP contribution in [0.5, 0.6) is 0 Å². The summed E-state index contributed by atoms with van der Waals surface area (Å²) in [5.74, 6) is 0.0754. The highest BCUT2D eigenvalue weighted by Crippen LogP contribution is 2.50. The van der Waals surface area contributed by atoms with Gasteiger partial charge in [0.05, 0.1) is 17.1 Å². The summed E-state index contributed by atoms with van der Waals surface area (Å²) in [5.41, 5.74) is 22.3. The maximum absolute atomic E-state index is 2.54. The first-order chi connectivity index (χ1) is 44.7. The lowest BCUT2D eigenvalue weighted by Crippen LogP contribution is -2.24. The number of fused-ring (bicyclic) bond motifs is 4. The van der Waals surface area contributed by atoms with E-state index in [0.29, 0.717) is 0 Å². The molecule has 1 atom stereocenters. The molecule has 2 nitrogen and oxygen atoms in total. The topological polar surface area (TPSA) is 6.48 Å². The first-order valence-electron chi connectivity index (χ1n) is 31.2. The summed E-state index contributed by atoms with van der Waals surface area (Å²) < 4.78 is 0. The van der Waals surface area contributed by atoms with Gasteiger partial charge in [-0.05, 0) is 160 Å². The maximum atomic E-state index is 2.54. The SMILES string of the molecule is C1=C(c2ccc(-c3ccc(N(c4ccccc4)c4cc(-c5cccc6ccccc56)ccc4-c4ccccc4)c4ccccc34)c3ccccc23)C=C(N(c2ccc(-c3cccc(-c4ccccc4)c3)cc2)c2cccc3ccccc23)C(c2ccccc2)C1. The lowest BCUT2D eigenvalue weighted by Gasteiger charge is -2.36. The third-order valence-electron chi connectivity index (χ3n) is 18.2. The number of nitrogens with zero attached hydrogens (tertiary/aromatic N) is 2. The van der Waals surface area contributed by atoms with Crippen LogP contribution in [-0.4, -0.2) is 0 Å². The number of rotatable bonds is 13. The van der Waals surface area contributed by atoms with E-state index in [4.69, 9.17) is 0 Å². The van der Waals surface area contributed by atoms with Gasteiger partial charge in [0.2, 0.25) is 0 Å². The molecule has 15 aromatic rings. The van der Waals surface area contributed by atoms with E-state index in [1.54, 1.807) is 0 Å². The first-order valence-corrected chi connectivity index (χ1v) is 31.2. The molecule has 0 saturated heterocycles. The molecule has 424 valence electrons. The quantitative estimate of drug-likeness (QED) is 0.114. The van der Waals surface area contributed by atoms with Crippen molar-refractivity contribution in [2.24, 2.45) is 0 Å². The Hall–Kier alpha value is -11.6. The van der Waals surface area contributed by atoms with Gasteiger partial charge in [-0.1, -0.05) is 303 Å². The molecule has 0 radical (unpaired) electrons. The molecule has 0 N–H and O–H groups in total. The van der Waals surface area contributed by atoms with E-state index >= 15 is 0 Å². The van der Waals surface area contributed by atoms with Gasteiger partial charge in [0.25, 0.3) is 0 Å². The predicted molar refractivity (Wildman–Crippen MR) is 383 cm³/mol. The molecule has 0 aliphatic heterocycles. The van der Waals surface area contributed by atoms with Crippen molar-refractivity contribution in [1.29, 1.82) is 0 Å². The Labute approximate surface area is 526 Å². The average Bonchev–Trinajstić information content (AvgIpc) is 0.842. The Morgan fingerprint density at radius 1 is 0.244 bits per heavy atom. The van der Waals surface area contributed by atoms with E-state index < -0.39 is 0 Å². The van der Waals surface area contributed by atoms with Gasteiger partial charge in [-0.15, -0.1) is 0 Å². The highest BCUT2D eigenvalue weighted by atomic mass is 15.2. The van der Waals surface area contributed by atoms with E-state index in [1.807, 2.05) is 0 Å². The van der Waals surface area contributed by atoms with Crippen LogP contribution < -0.4 is 9.80 Å². The number of hydrogen-bond donors (Lipinski definition) is 0. The third-order valence-corrected chi connectivity index (χ3v) is 18.2. The van der Waals surface area contributed by atoms with Crippen LogP contribution in [0.15, 0.2) is 364 Å². The van der Waals surface area contributed by atoms with Crippen LogP contribution in [0.4, 0.5) is 28.4 Å². The van der Waals surface area contributed by atoms with Crippen LogP contribution in [0.25, 0.3) is 104 Å². The van der Waals surface area contributed by atoms with Crippen molar-refractivity contribution in [3.05, 3.63) is 375 Å². The summed E-state index contributed by atoms with van der Waals surface area (Å²) in [4.78, 5) is 5.02. The van der Waals surface area contributed by atoms with E-state index in [2.05, 4.69) is 368 Å². The average molecular weight is 1150 g/mol. The van der Waals surface area contributed by atoms with Gasteiger partial charge < -0.3 is 9.80 Å². The molecular weight excluding hydrogens is 1080 g/mol. The van der Waals surface area contributed by atoms with E-state index in [1.165, 1.54) is 104 Å². The molecule has 1 unspecified atom stereocenters. The monoisotopic (exact) mass is 1150 g/mol. The van der Waals surface area contributed by atoms with Crippen molar-refractivity contribution in [3.8, 4) is 55.6 Å². The van der Waals surface area contributed by atoms with Crippen molar-refractivity contribution >= 4 is 77.1 Å². The third kappa shape index (κ3) is 10.0. The summed E-state index contributed by atoms with van der Waals surface area (Å²) in [5, 5.41) is 9.64. The zero-order valence-corrected chi connectivity index (χ0v) is 49.7. The molecule has 1 aliphatic rings. The molecule has 0 fully saturated rings. The van der Waals surface area contributed by atoms with Crippen LogP contribution in [0.3, 0.4) is 0 Å². The molecule has 15 aromatic carbocycles. The minimum absolute atomic E-state index is 0.0754. The van der Waals surface area contributed by atoms with Crippen LogP contribution in [0.2, 0.25) is 0 Å². The second-order valence-electron chi connectivity index (χ2n) is 23.4. The van der Waals surface area contributed by atoms with Gasteiger partial charge >= 0.3 is 0 Å². The summed E-state index contributed by atoms with van der Waals surface area (Å²) in [6, 6.07) is 127. The fraction of sp³-hybridized carbons (Fsp3) is 0.0227. The van der Waals surface area contributed by atoms with Crippen LogP contribution >= 0.6 is 0 Å². The second-order valence-corrected chi connectivity index (χ2v) is 23.4. The molecule has 2 heteroatoms. The number of benzene rings is 15. The van der Waals surface area contributed by atoms with Gasteiger partial charge in [-0.2, -0.15) is 0 Å². The molecule has 0 heterocycles. The fourth-order valence-electron chi connectivity index (χ4n) is 13.9. The molecule has 16 rings (SSSR count). The fourth-order valence-corrected chi connectivity index (χ4v) is 13.9. The Morgan fingerprint density at radius 3 is 1.40 bits per heavy atom. The normalized spacial score (nSPS) is 13.1. The highest BCUT2D eigenvalue weighted by Gasteiger charge is 2.30. The Bertz CT molecular complexity index is 5190. The van der Waals surface area contributed by atoms with Crippen LogP contribution in [-0.2, 0) is 0 Å². The molecular formula is C88H62N2. The largest absolute Gasteiger partial charge is 0.313 e. The minimum atomic E-state index is 0.0754. The molecule has 90 heavy (non-hydrogen) atoms. The van der Waals surface area contributed by atoms with Gasteiger partial charge in [-0.3, -0.25) is 0 Å².